The predicted octanol–water partition coefficient (Wildman–Crippen LogP) is 2.88. The molecule has 3 aromatic rings. The second-order valence-electron chi connectivity index (χ2n) is 7.22. The first kappa shape index (κ1) is 18.9. The number of ether oxygens (including phenoxy) is 1. The number of aromatic nitrogens is 2. The van der Waals surface area contributed by atoms with Crippen LogP contribution in [0.5, 0.6) is 5.75 Å². The molecule has 1 aliphatic heterocycles. The van der Waals surface area contributed by atoms with Crippen LogP contribution in [-0.4, -0.2) is 34.4 Å². The van der Waals surface area contributed by atoms with Gasteiger partial charge in [-0.05, 0) is 30.2 Å². The van der Waals surface area contributed by atoms with E-state index in [1.807, 2.05) is 37.3 Å². The van der Waals surface area contributed by atoms with E-state index in [9.17, 15) is 9.59 Å². The molecule has 0 aliphatic carbocycles. The summed E-state index contributed by atoms with van der Waals surface area (Å²) in [6.45, 7) is 2.82. The van der Waals surface area contributed by atoms with Gasteiger partial charge in [-0.25, -0.2) is 4.98 Å². The molecule has 1 N–H and O–H groups in total. The van der Waals surface area contributed by atoms with Gasteiger partial charge >= 0.3 is 0 Å². The van der Waals surface area contributed by atoms with Crippen LogP contribution in [-0.2, 0) is 19.4 Å². The summed E-state index contributed by atoms with van der Waals surface area (Å²) >= 11 is 0. The van der Waals surface area contributed by atoms with Crippen LogP contribution in [0.2, 0.25) is 0 Å². The minimum absolute atomic E-state index is 0.142. The van der Waals surface area contributed by atoms with Crippen molar-refractivity contribution in [1.82, 2.24) is 14.9 Å². The van der Waals surface area contributed by atoms with Gasteiger partial charge in [0.25, 0.3) is 11.5 Å². The van der Waals surface area contributed by atoms with E-state index in [4.69, 9.17) is 9.72 Å². The fourth-order valence-corrected chi connectivity index (χ4v) is 3.71. The topological polar surface area (TPSA) is 75.3 Å². The third kappa shape index (κ3) is 3.78. The number of hydrogen-bond donors (Lipinski definition) is 1. The maximum atomic E-state index is 13.0. The lowest BCUT2D eigenvalue weighted by atomic mass is 10.0. The number of aromatic amines is 1. The largest absolute Gasteiger partial charge is 0.496 e. The van der Waals surface area contributed by atoms with Crippen molar-refractivity contribution in [2.24, 2.45) is 0 Å². The number of benzene rings is 2. The molecule has 0 spiro atoms. The minimum Gasteiger partial charge on any atom is -0.496 e. The molecule has 0 fully saturated rings. The average molecular weight is 389 g/mol. The molecule has 6 heteroatoms. The smallest absolute Gasteiger partial charge is 0.257 e. The lowest BCUT2D eigenvalue weighted by molar-refractivity contribution is 0.0729. The van der Waals surface area contributed by atoms with Gasteiger partial charge < -0.3 is 14.6 Å². The number of nitrogens with zero attached hydrogens (tertiary/aromatic N) is 2. The summed E-state index contributed by atoms with van der Waals surface area (Å²) in [6.07, 6.45) is 1.14. The van der Waals surface area contributed by atoms with Crippen molar-refractivity contribution in [2.45, 2.75) is 26.3 Å². The number of H-pyrrole nitrogens is 1. The number of para-hydroxylation sites is 1. The highest BCUT2D eigenvalue weighted by molar-refractivity contribution is 5.97. The Labute approximate surface area is 169 Å². The van der Waals surface area contributed by atoms with Gasteiger partial charge in [0, 0.05) is 19.4 Å². The van der Waals surface area contributed by atoms with Gasteiger partial charge in [-0.1, -0.05) is 36.4 Å². The van der Waals surface area contributed by atoms with Crippen LogP contribution in [0.4, 0.5) is 0 Å². The Morgan fingerprint density at radius 1 is 1.17 bits per heavy atom. The maximum absolute atomic E-state index is 13.0. The summed E-state index contributed by atoms with van der Waals surface area (Å²) in [5.41, 5.74) is 3.98. The molecule has 0 saturated heterocycles. The van der Waals surface area contributed by atoms with E-state index < -0.39 is 0 Å². The lowest BCUT2D eigenvalue weighted by Crippen LogP contribution is -2.40. The molecular formula is C23H23N3O3. The molecule has 1 aromatic heterocycles. The summed E-state index contributed by atoms with van der Waals surface area (Å²) in [7, 11) is 1.54. The van der Waals surface area contributed by atoms with Gasteiger partial charge in [0.05, 0.1) is 30.5 Å². The van der Waals surface area contributed by atoms with E-state index in [0.717, 1.165) is 11.3 Å². The zero-order chi connectivity index (χ0) is 20.4. The Hall–Kier alpha value is -3.41. The Bertz CT molecular complexity index is 1120. The summed E-state index contributed by atoms with van der Waals surface area (Å²) in [6, 6.07) is 15.2. The molecule has 4 rings (SSSR count). The van der Waals surface area contributed by atoms with E-state index in [-0.39, 0.29) is 18.0 Å². The fraction of sp³-hybridized carbons (Fsp3) is 0.261. The molecule has 1 aliphatic rings. The van der Waals surface area contributed by atoms with Gasteiger partial charge in [-0.3, -0.25) is 9.59 Å². The highest BCUT2D eigenvalue weighted by Gasteiger charge is 2.26. The van der Waals surface area contributed by atoms with E-state index >= 15 is 0 Å². The van der Waals surface area contributed by atoms with Gasteiger partial charge in [0.2, 0.25) is 0 Å². The SMILES string of the molecule is COc1ccccc1C(=O)N1CCc2nc(Cc3ccccc3C)[nH]c(=O)c2C1. The number of nitrogens with one attached hydrogen (secondary N) is 1. The van der Waals surface area contributed by atoms with Crippen LogP contribution >= 0.6 is 0 Å². The highest BCUT2D eigenvalue weighted by atomic mass is 16.5. The molecule has 0 unspecified atom stereocenters. The third-order valence-corrected chi connectivity index (χ3v) is 5.36. The number of amides is 1. The molecule has 0 radical (unpaired) electrons. The minimum atomic E-state index is -0.170. The summed E-state index contributed by atoms with van der Waals surface area (Å²) < 4.78 is 5.30. The Kier molecular flexibility index (Phi) is 5.16. The van der Waals surface area contributed by atoms with E-state index in [0.29, 0.717) is 42.1 Å². The standard InChI is InChI=1S/C23H23N3O3/c1-15-7-3-4-8-16(15)13-21-24-19-11-12-26(14-18(19)22(27)25-21)23(28)17-9-5-6-10-20(17)29-2/h3-10H,11-14H2,1-2H3,(H,24,25,27). The number of rotatable bonds is 4. The van der Waals surface area contributed by atoms with Crippen molar-refractivity contribution in [3.8, 4) is 5.75 Å². The summed E-state index contributed by atoms with van der Waals surface area (Å²) in [5.74, 6) is 1.05. The number of carbonyl (C=O) groups excluding carboxylic acids is 1. The molecule has 1 amide bonds. The second kappa shape index (κ2) is 7.91. The second-order valence-corrected chi connectivity index (χ2v) is 7.22. The zero-order valence-electron chi connectivity index (χ0n) is 16.6. The van der Waals surface area contributed by atoms with Crippen molar-refractivity contribution >= 4 is 5.91 Å². The normalized spacial score (nSPS) is 13.1. The molecule has 2 aromatic carbocycles. The van der Waals surface area contributed by atoms with Crippen molar-refractivity contribution in [3.05, 3.63) is 92.7 Å². The maximum Gasteiger partial charge on any atom is 0.257 e. The van der Waals surface area contributed by atoms with Gasteiger partial charge in [0.1, 0.15) is 11.6 Å². The molecule has 6 nitrogen and oxygen atoms in total. The van der Waals surface area contributed by atoms with E-state index in [1.165, 1.54) is 5.56 Å². The number of methoxy groups -OCH3 is 1. The number of aryl methyl sites for hydroxylation is 1. The van der Waals surface area contributed by atoms with Gasteiger partial charge in [-0.15, -0.1) is 0 Å². The summed E-state index contributed by atoms with van der Waals surface area (Å²) in [5, 5.41) is 0. The number of hydrogen-bond acceptors (Lipinski definition) is 4. The van der Waals surface area contributed by atoms with Crippen LogP contribution in [0, 0.1) is 6.92 Å². The van der Waals surface area contributed by atoms with E-state index in [1.54, 1.807) is 30.2 Å². The first-order valence-corrected chi connectivity index (χ1v) is 9.64. The van der Waals surface area contributed by atoms with Crippen LogP contribution in [0.1, 0.15) is 38.6 Å². The molecule has 148 valence electrons. The molecule has 0 atom stereocenters. The molecular weight excluding hydrogens is 366 g/mol. The van der Waals surface area contributed by atoms with E-state index in [2.05, 4.69) is 4.98 Å². The van der Waals surface area contributed by atoms with Crippen LogP contribution < -0.4 is 10.3 Å². The quantitative estimate of drug-likeness (QED) is 0.745. The Balaban J connectivity index is 1.58. The van der Waals surface area contributed by atoms with Crippen molar-refractivity contribution in [1.29, 1.82) is 0 Å². The average Bonchev–Trinajstić information content (AvgIpc) is 2.74. The molecule has 0 saturated carbocycles. The number of carbonyl (C=O) groups is 1. The van der Waals surface area contributed by atoms with Crippen LogP contribution in [0.25, 0.3) is 0 Å². The van der Waals surface area contributed by atoms with Gasteiger partial charge in [0.15, 0.2) is 0 Å². The Morgan fingerprint density at radius 2 is 1.93 bits per heavy atom. The fourth-order valence-electron chi connectivity index (χ4n) is 3.71. The van der Waals surface area contributed by atoms with Gasteiger partial charge in [-0.2, -0.15) is 0 Å². The van der Waals surface area contributed by atoms with Crippen molar-refractivity contribution in [3.63, 3.8) is 0 Å². The van der Waals surface area contributed by atoms with Crippen molar-refractivity contribution in [2.75, 3.05) is 13.7 Å². The summed E-state index contributed by atoms with van der Waals surface area (Å²) in [4.78, 5) is 35.0. The Morgan fingerprint density at radius 3 is 2.72 bits per heavy atom. The van der Waals surface area contributed by atoms with Crippen molar-refractivity contribution < 1.29 is 9.53 Å². The molecule has 29 heavy (non-hydrogen) atoms. The lowest BCUT2D eigenvalue weighted by Gasteiger charge is -2.28. The highest BCUT2D eigenvalue weighted by Crippen LogP contribution is 2.23. The third-order valence-electron chi connectivity index (χ3n) is 5.36. The molecule has 0 bridgehead atoms. The van der Waals surface area contributed by atoms with Crippen LogP contribution in [0.3, 0.4) is 0 Å². The first-order valence-electron chi connectivity index (χ1n) is 9.64. The predicted molar refractivity (Wildman–Crippen MR) is 110 cm³/mol. The zero-order valence-corrected chi connectivity index (χ0v) is 16.6. The molecule has 2 heterocycles. The van der Waals surface area contributed by atoms with Crippen LogP contribution in [0.15, 0.2) is 53.3 Å². The first-order chi connectivity index (χ1) is 14.1. The monoisotopic (exact) mass is 389 g/mol. The number of fused-ring (bicyclic) bond motifs is 1.